The highest BCUT2D eigenvalue weighted by Crippen LogP contribution is 2.28. The molecule has 0 saturated carbocycles. The van der Waals surface area contributed by atoms with Crippen LogP contribution in [0.1, 0.15) is 12.6 Å². The van der Waals surface area contributed by atoms with E-state index in [9.17, 15) is 8.42 Å². The van der Waals surface area contributed by atoms with Crippen molar-refractivity contribution in [1.29, 1.82) is 0 Å². The Morgan fingerprint density at radius 2 is 2.14 bits per heavy atom. The Morgan fingerprint density at radius 3 is 2.81 bits per heavy atom. The lowest BCUT2D eigenvalue weighted by Crippen LogP contribution is -2.13. The first-order valence-corrected chi connectivity index (χ1v) is 9.41. The van der Waals surface area contributed by atoms with E-state index < -0.39 is 10.0 Å². The summed E-state index contributed by atoms with van der Waals surface area (Å²) in [6, 6.07) is 4.85. The lowest BCUT2D eigenvalue weighted by molar-refractivity contribution is 0.319. The van der Waals surface area contributed by atoms with E-state index in [2.05, 4.69) is 46.7 Å². The fourth-order valence-electron chi connectivity index (χ4n) is 1.39. The Kier molecular flexibility index (Phi) is 5.02. The second kappa shape index (κ2) is 6.42. The number of oxime groups is 1. The molecule has 0 aliphatic heterocycles. The lowest BCUT2D eigenvalue weighted by Gasteiger charge is -2.07. The predicted octanol–water partition coefficient (Wildman–Crippen LogP) is 3.67. The minimum Gasteiger partial charge on any atom is -0.411 e. The minimum absolute atomic E-state index is 0.0983. The average molecular weight is 455 g/mol. The number of sulfonamides is 1. The molecule has 0 spiro atoms. The van der Waals surface area contributed by atoms with Crippen LogP contribution < -0.4 is 4.72 Å². The van der Waals surface area contributed by atoms with Crippen LogP contribution >= 0.6 is 43.2 Å². The van der Waals surface area contributed by atoms with E-state index in [1.165, 1.54) is 6.07 Å². The molecular weight excluding hydrogens is 446 g/mol. The van der Waals surface area contributed by atoms with Crippen molar-refractivity contribution in [1.82, 2.24) is 4.98 Å². The third kappa shape index (κ3) is 3.82. The molecule has 2 aromatic rings. The van der Waals surface area contributed by atoms with Crippen molar-refractivity contribution >= 4 is 64.1 Å². The third-order valence-corrected chi connectivity index (χ3v) is 6.14. The Morgan fingerprint density at radius 1 is 1.43 bits per heavy atom. The van der Waals surface area contributed by atoms with E-state index in [0.29, 0.717) is 20.4 Å². The van der Waals surface area contributed by atoms with E-state index in [4.69, 9.17) is 5.21 Å². The van der Waals surface area contributed by atoms with E-state index >= 15 is 0 Å². The van der Waals surface area contributed by atoms with Crippen LogP contribution in [0.25, 0.3) is 0 Å². The van der Waals surface area contributed by atoms with E-state index in [-0.39, 0.29) is 10.0 Å². The maximum Gasteiger partial charge on any atom is 0.264 e. The van der Waals surface area contributed by atoms with E-state index in [1.807, 2.05) is 0 Å². The highest BCUT2D eigenvalue weighted by molar-refractivity contribution is 9.11. The quantitative estimate of drug-likeness (QED) is 0.418. The van der Waals surface area contributed by atoms with Gasteiger partial charge in [0.1, 0.15) is 16.3 Å². The van der Waals surface area contributed by atoms with Gasteiger partial charge in [0.05, 0.1) is 0 Å². The van der Waals surface area contributed by atoms with Gasteiger partial charge in [-0.05, 0) is 41.1 Å². The first kappa shape index (κ1) is 16.4. The van der Waals surface area contributed by atoms with Crippen molar-refractivity contribution in [2.24, 2.45) is 5.16 Å². The summed E-state index contributed by atoms with van der Waals surface area (Å²) >= 11 is 7.55. The molecular formula is C11H9Br2N3O3S2. The summed E-state index contributed by atoms with van der Waals surface area (Å²) in [6.45, 7) is 1.57. The average Bonchev–Trinajstić information content (AvgIpc) is 2.88. The molecule has 0 aliphatic rings. The number of rotatable bonds is 4. The van der Waals surface area contributed by atoms with Gasteiger partial charge in [0.25, 0.3) is 10.0 Å². The molecule has 0 saturated heterocycles. The van der Waals surface area contributed by atoms with Crippen LogP contribution in [0.4, 0.5) is 5.13 Å². The van der Waals surface area contributed by atoms with Crippen molar-refractivity contribution in [2.45, 2.75) is 11.8 Å². The zero-order valence-electron chi connectivity index (χ0n) is 10.5. The van der Waals surface area contributed by atoms with Gasteiger partial charge < -0.3 is 5.21 Å². The second-order valence-corrected chi connectivity index (χ2v) is 8.18. The van der Waals surface area contributed by atoms with Crippen molar-refractivity contribution < 1.29 is 13.6 Å². The maximum absolute atomic E-state index is 12.3. The summed E-state index contributed by atoms with van der Waals surface area (Å²) < 4.78 is 28.2. The summed E-state index contributed by atoms with van der Waals surface area (Å²) in [4.78, 5) is 4.15. The Labute approximate surface area is 142 Å². The number of thiazole rings is 1. The van der Waals surface area contributed by atoms with E-state index in [1.54, 1.807) is 24.4 Å². The summed E-state index contributed by atoms with van der Waals surface area (Å²) in [7, 11) is -3.77. The standard InChI is InChI=1S/C11H9Br2N3O3S2/c1-6(15-17)9-5-20-11(14-9)16-21(18,19)10-4-7(12)2-3-8(10)13/h2-5,17H,1H3,(H,14,16). The molecule has 6 nitrogen and oxygen atoms in total. The highest BCUT2D eigenvalue weighted by Gasteiger charge is 2.20. The third-order valence-electron chi connectivity index (χ3n) is 2.43. The normalized spacial score (nSPS) is 12.4. The van der Waals surface area contributed by atoms with Crippen LogP contribution in [-0.2, 0) is 10.0 Å². The maximum atomic E-state index is 12.3. The number of hydrogen-bond acceptors (Lipinski definition) is 6. The topological polar surface area (TPSA) is 91.7 Å². The SMILES string of the molecule is CC(=NO)c1csc(NS(=O)(=O)c2cc(Br)ccc2Br)n1. The summed E-state index contributed by atoms with van der Waals surface area (Å²) in [5.41, 5.74) is 0.717. The summed E-state index contributed by atoms with van der Waals surface area (Å²) in [5.74, 6) is 0. The van der Waals surface area contributed by atoms with Crippen LogP contribution in [0.3, 0.4) is 0 Å². The molecule has 0 fully saturated rings. The molecule has 0 radical (unpaired) electrons. The molecule has 10 heteroatoms. The van der Waals surface area contributed by atoms with Gasteiger partial charge in [-0.2, -0.15) is 0 Å². The van der Waals surface area contributed by atoms with Gasteiger partial charge >= 0.3 is 0 Å². The predicted molar refractivity (Wildman–Crippen MR) is 88.8 cm³/mol. The van der Waals surface area contributed by atoms with Gasteiger partial charge in [-0.1, -0.05) is 21.1 Å². The summed E-state index contributed by atoms with van der Waals surface area (Å²) in [6.07, 6.45) is 0. The van der Waals surface area contributed by atoms with Crippen molar-refractivity contribution in [3.63, 3.8) is 0 Å². The monoisotopic (exact) mass is 453 g/mol. The first-order valence-electron chi connectivity index (χ1n) is 5.46. The smallest absolute Gasteiger partial charge is 0.264 e. The highest BCUT2D eigenvalue weighted by atomic mass is 79.9. The van der Waals surface area contributed by atoms with Crippen LogP contribution in [0.5, 0.6) is 0 Å². The number of nitrogens with one attached hydrogen (secondary N) is 1. The lowest BCUT2D eigenvalue weighted by atomic mass is 10.3. The fraction of sp³-hybridized carbons (Fsp3) is 0.0909. The van der Waals surface area contributed by atoms with Gasteiger partial charge in [0.15, 0.2) is 5.13 Å². The van der Waals surface area contributed by atoms with Gasteiger partial charge in [-0.15, -0.1) is 11.3 Å². The molecule has 21 heavy (non-hydrogen) atoms. The fourth-order valence-corrected chi connectivity index (χ4v) is 4.90. The number of hydrogen-bond donors (Lipinski definition) is 2. The number of anilines is 1. The number of nitrogens with zero attached hydrogens (tertiary/aromatic N) is 2. The van der Waals surface area contributed by atoms with Gasteiger partial charge in [0.2, 0.25) is 0 Å². The van der Waals surface area contributed by atoms with Crippen LogP contribution in [0, 0.1) is 0 Å². The Bertz CT molecular complexity index is 803. The number of benzene rings is 1. The molecule has 0 bridgehead atoms. The van der Waals surface area contributed by atoms with Crippen LogP contribution in [0.2, 0.25) is 0 Å². The minimum atomic E-state index is -3.77. The van der Waals surface area contributed by atoms with Crippen molar-refractivity contribution in [3.05, 3.63) is 38.2 Å². The molecule has 1 aromatic carbocycles. The zero-order valence-corrected chi connectivity index (χ0v) is 15.3. The Balaban J connectivity index is 2.33. The van der Waals surface area contributed by atoms with Crippen LogP contribution in [0.15, 0.2) is 42.6 Å². The molecule has 2 N–H and O–H groups in total. The van der Waals surface area contributed by atoms with Crippen molar-refractivity contribution in [2.75, 3.05) is 4.72 Å². The largest absolute Gasteiger partial charge is 0.411 e. The van der Waals surface area contributed by atoms with Gasteiger partial charge in [-0.3, -0.25) is 4.72 Å². The van der Waals surface area contributed by atoms with Crippen molar-refractivity contribution in [3.8, 4) is 0 Å². The molecule has 2 rings (SSSR count). The zero-order chi connectivity index (χ0) is 15.6. The molecule has 0 atom stereocenters. The molecule has 0 unspecified atom stereocenters. The van der Waals surface area contributed by atoms with E-state index in [0.717, 1.165) is 11.3 Å². The molecule has 0 aliphatic carbocycles. The number of aromatic nitrogens is 1. The summed E-state index contributed by atoms with van der Waals surface area (Å²) in [5, 5.41) is 13.5. The van der Waals surface area contributed by atoms with Gasteiger partial charge in [-0.25, -0.2) is 13.4 Å². The van der Waals surface area contributed by atoms with Crippen LogP contribution in [-0.4, -0.2) is 24.3 Å². The first-order chi connectivity index (χ1) is 9.83. The number of halogens is 2. The van der Waals surface area contributed by atoms with Gasteiger partial charge in [0, 0.05) is 14.3 Å². The molecule has 1 aromatic heterocycles. The molecule has 112 valence electrons. The Hall–Kier alpha value is -0.970. The molecule has 0 amide bonds. The molecule has 1 heterocycles. The second-order valence-electron chi connectivity index (χ2n) is 3.90.